The highest BCUT2D eigenvalue weighted by Crippen LogP contribution is 2.00. The minimum Gasteiger partial charge on any atom is -0.434 e. The Morgan fingerprint density at radius 3 is 2.35 bits per heavy atom. The predicted octanol–water partition coefficient (Wildman–Crippen LogP) is 3.55. The first kappa shape index (κ1) is 19.2. The fraction of sp³-hybridized carbons (Fsp3) is 0.933. The zero-order valence-electron chi connectivity index (χ0n) is 13.2. The zero-order valence-corrected chi connectivity index (χ0v) is 13.2. The van der Waals surface area contributed by atoms with Crippen LogP contribution in [0.2, 0.25) is 0 Å². The Morgan fingerprint density at radius 1 is 0.950 bits per heavy atom. The fourth-order valence-corrected chi connectivity index (χ4v) is 1.64. The molecule has 0 N–H and O–H groups in total. The number of hydrogen-bond acceptors (Lipinski definition) is 5. The average molecular weight is 290 g/mol. The molecular formula is C15H30O5. The third kappa shape index (κ3) is 12.2. The van der Waals surface area contributed by atoms with Crippen molar-refractivity contribution < 1.29 is 23.7 Å². The Labute approximate surface area is 122 Å². The molecule has 0 rings (SSSR count). The molecule has 0 saturated heterocycles. The maximum atomic E-state index is 11.2. The molecule has 0 aromatic carbocycles. The van der Waals surface area contributed by atoms with Crippen molar-refractivity contribution in [3.05, 3.63) is 0 Å². The minimum atomic E-state index is -0.609. The lowest BCUT2D eigenvalue weighted by atomic mass is 10.2. The van der Waals surface area contributed by atoms with Crippen LogP contribution >= 0.6 is 0 Å². The third-order valence-corrected chi connectivity index (χ3v) is 2.83. The maximum Gasteiger partial charge on any atom is 0.508 e. The highest BCUT2D eigenvalue weighted by molar-refractivity contribution is 5.59. The Hall–Kier alpha value is -0.810. The second kappa shape index (κ2) is 14.6. The molecule has 0 radical (unpaired) electrons. The molecule has 0 aromatic heterocycles. The first-order chi connectivity index (χ1) is 9.74. The standard InChI is InChI=1S/C15H30O5/c1-4-7-8-9-10-19-15(16)20-12-11-17-13-14(5-2)18-6-3/h14H,4-13H2,1-3H3. The van der Waals surface area contributed by atoms with E-state index in [0.29, 0.717) is 26.4 Å². The van der Waals surface area contributed by atoms with Crippen molar-refractivity contribution in [3.8, 4) is 0 Å². The second-order valence-corrected chi connectivity index (χ2v) is 4.57. The Kier molecular flexibility index (Phi) is 14.0. The lowest BCUT2D eigenvalue weighted by Gasteiger charge is -2.14. The van der Waals surface area contributed by atoms with E-state index in [1.807, 2.05) is 6.92 Å². The van der Waals surface area contributed by atoms with Gasteiger partial charge in [0, 0.05) is 6.61 Å². The summed E-state index contributed by atoms with van der Waals surface area (Å²) in [4.78, 5) is 11.2. The van der Waals surface area contributed by atoms with Gasteiger partial charge in [-0.05, 0) is 19.8 Å². The molecule has 0 aliphatic heterocycles. The molecular weight excluding hydrogens is 260 g/mol. The van der Waals surface area contributed by atoms with Crippen LogP contribution in [0, 0.1) is 0 Å². The summed E-state index contributed by atoms with van der Waals surface area (Å²) < 4.78 is 20.7. The van der Waals surface area contributed by atoms with Crippen molar-refractivity contribution >= 4 is 6.16 Å². The Balaban J connectivity index is 3.34. The molecule has 120 valence electrons. The molecule has 1 atom stereocenters. The summed E-state index contributed by atoms with van der Waals surface area (Å²) in [6, 6.07) is 0. The van der Waals surface area contributed by atoms with E-state index in [1.165, 1.54) is 12.8 Å². The van der Waals surface area contributed by atoms with Gasteiger partial charge in [-0.15, -0.1) is 0 Å². The Morgan fingerprint density at radius 2 is 1.70 bits per heavy atom. The van der Waals surface area contributed by atoms with E-state index in [9.17, 15) is 4.79 Å². The topological polar surface area (TPSA) is 54.0 Å². The molecule has 0 amide bonds. The van der Waals surface area contributed by atoms with Gasteiger partial charge in [0.2, 0.25) is 0 Å². The molecule has 0 fully saturated rings. The first-order valence-corrected chi connectivity index (χ1v) is 7.73. The van der Waals surface area contributed by atoms with Gasteiger partial charge in [-0.25, -0.2) is 4.79 Å². The number of rotatable bonds is 13. The number of ether oxygens (including phenoxy) is 4. The van der Waals surface area contributed by atoms with E-state index in [-0.39, 0.29) is 12.7 Å². The molecule has 1 unspecified atom stereocenters. The monoisotopic (exact) mass is 290 g/mol. The van der Waals surface area contributed by atoms with E-state index in [4.69, 9.17) is 18.9 Å². The summed E-state index contributed by atoms with van der Waals surface area (Å²) in [5, 5.41) is 0. The highest BCUT2D eigenvalue weighted by Gasteiger charge is 2.06. The van der Waals surface area contributed by atoms with Gasteiger partial charge in [-0.1, -0.05) is 33.1 Å². The number of unbranched alkanes of at least 4 members (excludes halogenated alkanes) is 3. The molecule has 0 bridgehead atoms. The van der Waals surface area contributed by atoms with Crippen LogP contribution in [-0.2, 0) is 18.9 Å². The molecule has 0 heterocycles. The van der Waals surface area contributed by atoms with Crippen LogP contribution < -0.4 is 0 Å². The summed E-state index contributed by atoms with van der Waals surface area (Å²) in [6.07, 6.45) is 4.74. The highest BCUT2D eigenvalue weighted by atomic mass is 16.7. The predicted molar refractivity (Wildman–Crippen MR) is 78.0 cm³/mol. The lowest BCUT2D eigenvalue weighted by Crippen LogP contribution is -2.21. The quantitative estimate of drug-likeness (QED) is 0.383. The van der Waals surface area contributed by atoms with Gasteiger partial charge in [-0.3, -0.25) is 0 Å². The number of hydrogen-bond donors (Lipinski definition) is 0. The van der Waals surface area contributed by atoms with Gasteiger partial charge >= 0.3 is 6.16 Å². The van der Waals surface area contributed by atoms with E-state index in [2.05, 4.69) is 13.8 Å². The summed E-state index contributed by atoms with van der Waals surface area (Å²) in [6.45, 7) is 8.39. The van der Waals surface area contributed by atoms with Crippen molar-refractivity contribution in [2.75, 3.05) is 33.0 Å². The average Bonchev–Trinajstić information content (AvgIpc) is 2.45. The molecule has 0 aliphatic carbocycles. The molecule has 0 spiro atoms. The molecule has 5 heteroatoms. The summed E-state index contributed by atoms with van der Waals surface area (Å²) in [5.41, 5.74) is 0. The molecule has 5 nitrogen and oxygen atoms in total. The molecule has 0 aliphatic rings. The van der Waals surface area contributed by atoms with Crippen LogP contribution in [0.3, 0.4) is 0 Å². The van der Waals surface area contributed by atoms with Crippen molar-refractivity contribution in [1.82, 2.24) is 0 Å². The van der Waals surface area contributed by atoms with Crippen LogP contribution in [0.4, 0.5) is 4.79 Å². The van der Waals surface area contributed by atoms with Crippen molar-refractivity contribution in [2.45, 2.75) is 59.0 Å². The van der Waals surface area contributed by atoms with Crippen molar-refractivity contribution in [2.24, 2.45) is 0 Å². The molecule has 20 heavy (non-hydrogen) atoms. The summed E-state index contributed by atoms with van der Waals surface area (Å²) in [7, 11) is 0. The van der Waals surface area contributed by atoms with Crippen LogP contribution in [0.15, 0.2) is 0 Å². The van der Waals surface area contributed by atoms with Crippen LogP contribution in [0.1, 0.15) is 52.9 Å². The molecule has 0 aromatic rings. The Bertz CT molecular complexity index is 220. The van der Waals surface area contributed by atoms with Crippen molar-refractivity contribution in [1.29, 1.82) is 0 Å². The van der Waals surface area contributed by atoms with E-state index in [1.54, 1.807) is 0 Å². The normalized spacial score (nSPS) is 12.2. The van der Waals surface area contributed by atoms with Gasteiger partial charge in [0.25, 0.3) is 0 Å². The van der Waals surface area contributed by atoms with Crippen LogP contribution in [0.5, 0.6) is 0 Å². The van der Waals surface area contributed by atoms with Gasteiger partial charge in [-0.2, -0.15) is 0 Å². The van der Waals surface area contributed by atoms with Crippen LogP contribution in [0.25, 0.3) is 0 Å². The van der Waals surface area contributed by atoms with Crippen molar-refractivity contribution in [3.63, 3.8) is 0 Å². The summed E-state index contributed by atoms with van der Waals surface area (Å²) in [5.74, 6) is 0. The minimum absolute atomic E-state index is 0.116. The zero-order chi connectivity index (χ0) is 15.1. The third-order valence-electron chi connectivity index (χ3n) is 2.83. The largest absolute Gasteiger partial charge is 0.508 e. The SMILES string of the molecule is CCCCCCOC(=O)OCCOCC(CC)OCC. The lowest BCUT2D eigenvalue weighted by molar-refractivity contribution is -0.0278. The van der Waals surface area contributed by atoms with E-state index < -0.39 is 6.16 Å². The summed E-state index contributed by atoms with van der Waals surface area (Å²) >= 11 is 0. The maximum absolute atomic E-state index is 11.2. The molecule has 0 saturated carbocycles. The number of carbonyl (C=O) groups is 1. The van der Waals surface area contributed by atoms with Crippen LogP contribution in [-0.4, -0.2) is 45.3 Å². The van der Waals surface area contributed by atoms with E-state index in [0.717, 1.165) is 19.3 Å². The van der Waals surface area contributed by atoms with Gasteiger partial charge in [0.05, 0.1) is 25.9 Å². The van der Waals surface area contributed by atoms with Gasteiger partial charge in [0.1, 0.15) is 6.61 Å². The van der Waals surface area contributed by atoms with E-state index >= 15 is 0 Å². The number of carbonyl (C=O) groups excluding carboxylic acids is 1. The van der Waals surface area contributed by atoms with Gasteiger partial charge in [0.15, 0.2) is 0 Å². The second-order valence-electron chi connectivity index (χ2n) is 4.57. The first-order valence-electron chi connectivity index (χ1n) is 7.73. The fourth-order valence-electron chi connectivity index (χ4n) is 1.64. The van der Waals surface area contributed by atoms with Gasteiger partial charge < -0.3 is 18.9 Å². The smallest absolute Gasteiger partial charge is 0.434 e.